The van der Waals surface area contributed by atoms with Gasteiger partial charge < -0.3 is 0 Å². The molecule has 2 rings (SSSR count). The van der Waals surface area contributed by atoms with E-state index in [-0.39, 0.29) is 0 Å². The van der Waals surface area contributed by atoms with Crippen LogP contribution in [-0.4, -0.2) is 0 Å². The van der Waals surface area contributed by atoms with E-state index in [1.165, 1.54) is 47.1 Å². The summed E-state index contributed by atoms with van der Waals surface area (Å²) in [5.41, 5.74) is 6.46. The zero-order chi connectivity index (χ0) is 12.3. The number of allylic oxidation sites excluding steroid dienone is 2. The van der Waals surface area contributed by atoms with Gasteiger partial charge in [0.2, 0.25) is 0 Å². The lowest BCUT2D eigenvalue weighted by molar-refractivity contribution is 0.715. The summed E-state index contributed by atoms with van der Waals surface area (Å²) in [6.45, 7) is 6.44. The molecular formula is C17H20. The van der Waals surface area contributed by atoms with Gasteiger partial charge in [-0.2, -0.15) is 0 Å². The molecule has 0 unspecified atom stereocenters. The molecule has 1 aliphatic rings. The van der Waals surface area contributed by atoms with Crippen molar-refractivity contribution >= 4 is 0 Å². The Labute approximate surface area is 105 Å². The number of aryl methyl sites for hydroxylation is 3. The van der Waals surface area contributed by atoms with Crippen molar-refractivity contribution in [2.24, 2.45) is 0 Å². The van der Waals surface area contributed by atoms with Gasteiger partial charge in [-0.1, -0.05) is 35.6 Å². The highest BCUT2D eigenvalue weighted by Crippen LogP contribution is 2.18. The molecular weight excluding hydrogens is 204 g/mol. The number of hydrogen-bond donors (Lipinski definition) is 0. The van der Waals surface area contributed by atoms with Crippen LogP contribution in [0, 0.1) is 32.6 Å². The van der Waals surface area contributed by atoms with Crippen LogP contribution in [-0.2, 0) is 0 Å². The minimum Gasteiger partial charge on any atom is -0.0729 e. The molecule has 0 aromatic heterocycles. The summed E-state index contributed by atoms with van der Waals surface area (Å²) < 4.78 is 0. The van der Waals surface area contributed by atoms with Gasteiger partial charge in [0.25, 0.3) is 0 Å². The maximum Gasteiger partial charge on any atom is 0.0307 e. The standard InChI is InChI=1S/C17H20/c1-13-11-14(2)17(15(3)12-13)10-9-16-7-5-4-6-8-16/h7,11-12H,4-6,8H2,1-3H3. The van der Waals surface area contributed by atoms with Gasteiger partial charge in [-0.25, -0.2) is 0 Å². The van der Waals surface area contributed by atoms with Gasteiger partial charge >= 0.3 is 0 Å². The van der Waals surface area contributed by atoms with Crippen molar-refractivity contribution < 1.29 is 0 Å². The molecule has 0 saturated heterocycles. The highest BCUT2D eigenvalue weighted by Gasteiger charge is 2.02. The Morgan fingerprint density at radius 3 is 2.24 bits per heavy atom. The smallest absolute Gasteiger partial charge is 0.0307 e. The van der Waals surface area contributed by atoms with Crippen molar-refractivity contribution in [2.45, 2.75) is 46.5 Å². The molecule has 0 amide bonds. The number of hydrogen-bond acceptors (Lipinski definition) is 0. The summed E-state index contributed by atoms with van der Waals surface area (Å²) in [6, 6.07) is 4.43. The second-order valence-corrected chi connectivity index (χ2v) is 5.00. The minimum atomic E-state index is 1.16. The highest BCUT2D eigenvalue weighted by molar-refractivity contribution is 5.50. The fourth-order valence-corrected chi connectivity index (χ4v) is 2.47. The van der Waals surface area contributed by atoms with Gasteiger partial charge in [0.1, 0.15) is 0 Å². The van der Waals surface area contributed by atoms with Crippen LogP contribution in [0.5, 0.6) is 0 Å². The van der Waals surface area contributed by atoms with Crippen LogP contribution in [0.15, 0.2) is 23.8 Å². The van der Waals surface area contributed by atoms with Crippen LogP contribution in [0.2, 0.25) is 0 Å². The third kappa shape index (κ3) is 3.01. The van der Waals surface area contributed by atoms with E-state index in [9.17, 15) is 0 Å². The molecule has 0 fully saturated rings. The first kappa shape index (κ1) is 12.0. The maximum atomic E-state index is 3.36. The van der Waals surface area contributed by atoms with E-state index in [0.29, 0.717) is 0 Å². The fraction of sp³-hybridized carbons (Fsp3) is 0.412. The fourth-order valence-electron chi connectivity index (χ4n) is 2.47. The van der Waals surface area contributed by atoms with Crippen LogP contribution in [0.3, 0.4) is 0 Å². The maximum absolute atomic E-state index is 3.36. The summed E-state index contributed by atoms with van der Waals surface area (Å²) in [6.07, 6.45) is 7.29. The molecule has 0 nitrogen and oxygen atoms in total. The van der Waals surface area contributed by atoms with E-state index in [1.54, 1.807) is 0 Å². The molecule has 0 saturated carbocycles. The van der Waals surface area contributed by atoms with Crippen molar-refractivity contribution in [3.8, 4) is 11.8 Å². The predicted molar refractivity (Wildman–Crippen MR) is 74.1 cm³/mol. The molecule has 0 heterocycles. The van der Waals surface area contributed by atoms with Gasteiger partial charge in [-0.05, 0) is 63.2 Å². The Morgan fingerprint density at radius 2 is 1.65 bits per heavy atom. The second kappa shape index (κ2) is 5.23. The molecule has 17 heavy (non-hydrogen) atoms. The molecule has 1 aromatic carbocycles. The predicted octanol–water partition coefficient (Wildman–Crippen LogP) is 4.46. The lowest BCUT2D eigenvalue weighted by Crippen LogP contribution is -1.91. The lowest BCUT2D eigenvalue weighted by Gasteiger charge is -2.07. The van der Waals surface area contributed by atoms with Crippen LogP contribution >= 0.6 is 0 Å². The molecule has 0 heteroatoms. The van der Waals surface area contributed by atoms with E-state index < -0.39 is 0 Å². The zero-order valence-corrected chi connectivity index (χ0v) is 11.1. The molecule has 88 valence electrons. The highest BCUT2D eigenvalue weighted by atomic mass is 14.1. The molecule has 0 aliphatic heterocycles. The quantitative estimate of drug-likeness (QED) is 0.571. The molecule has 1 aliphatic carbocycles. The first-order valence-electron chi connectivity index (χ1n) is 6.46. The van der Waals surface area contributed by atoms with E-state index in [0.717, 1.165) is 6.42 Å². The average molecular weight is 224 g/mol. The van der Waals surface area contributed by atoms with Gasteiger partial charge in [0, 0.05) is 5.56 Å². The summed E-state index contributed by atoms with van der Waals surface area (Å²) in [4.78, 5) is 0. The van der Waals surface area contributed by atoms with Crippen molar-refractivity contribution in [1.82, 2.24) is 0 Å². The zero-order valence-electron chi connectivity index (χ0n) is 11.1. The Kier molecular flexibility index (Phi) is 3.69. The number of rotatable bonds is 0. The molecule has 0 atom stereocenters. The van der Waals surface area contributed by atoms with Crippen molar-refractivity contribution in [3.63, 3.8) is 0 Å². The third-order valence-corrected chi connectivity index (χ3v) is 3.32. The summed E-state index contributed by atoms with van der Waals surface area (Å²) in [5.74, 6) is 6.71. The first-order valence-corrected chi connectivity index (χ1v) is 6.46. The Bertz CT molecular complexity index is 484. The van der Waals surface area contributed by atoms with E-state index in [4.69, 9.17) is 0 Å². The Morgan fingerprint density at radius 1 is 0.941 bits per heavy atom. The number of benzene rings is 1. The summed E-state index contributed by atoms with van der Waals surface area (Å²) in [5, 5.41) is 0. The topological polar surface area (TPSA) is 0 Å². The molecule has 0 radical (unpaired) electrons. The Balaban J connectivity index is 2.30. The van der Waals surface area contributed by atoms with Gasteiger partial charge in [-0.15, -0.1) is 0 Å². The monoisotopic (exact) mass is 224 g/mol. The Hall–Kier alpha value is -1.48. The van der Waals surface area contributed by atoms with E-state index in [2.05, 4.69) is 50.8 Å². The molecule has 1 aromatic rings. The van der Waals surface area contributed by atoms with Crippen LogP contribution in [0.1, 0.15) is 47.9 Å². The lowest BCUT2D eigenvalue weighted by atomic mass is 9.97. The van der Waals surface area contributed by atoms with Gasteiger partial charge in [-0.3, -0.25) is 0 Å². The molecule has 0 N–H and O–H groups in total. The normalized spacial score (nSPS) is 14.9. The van der Waals surface area contributed by atoms with Crippen molar-refractivity contribution in [1.29, 1.82) is 0 Å². The summed E-state index contributed by atoms with van der Waals surface area (Å²) in [7, 11) is 0. The first-order chi connectivity index (χ1) is 8.16. The van der Waals surface area contributed by atoms with Crippen LogP contribution in [0.4, 0.5) is 0 Å². The van der Waals surface area contributed by atoms with E-state index >= 15 is 0 Å². The largest absolute Gasteiger partial charge is 0.0729 e. The third-order valence-electron chi connectivity index (χ3n) is 3.32. The minimum absolute atomic E-state index is 1.16. The van der Waals surface area contributed by atoms with Gasteiger partial charge in [0.05, 0.1) is 0 Å². The summed E-state index contributed by atoms with van der Waals surface area (Å²) >= 11 is 0. The van der Waals surface area contributed by atoms with Crippen LogP contribution in [0.25, 0.3) is 0 Å². The van der Waals surface area contributed by atoms with Crippen molar-refractivity contribution in [2.75, 3.05) is 0 Å². The average Bonchev–Trinajstić information content (AvgIpc) is 2.29. The SMILES string of the molecule is Cc1cc(C)c(C#CC2=CCCCC2)c(C)c1. The second-order valence-electron chi connectivity index (χ2n) is 5.00. The van der Waals surface area contributed by atoms with Gasteiger partial charge in [0.15, 0.2) is 0 Å². The van der Waals surface area contributed by atoms with Crippen molar-refractivity contribution in [3.05, 3.63) is 46.0 Å². The molecule has 0 spiro atoms. The van der Waals surface area contributed by atoms with E-state index in [1.807, 2.05) is 0 Å². The molecule has 0 bridgehead atoms. The van der Waals surface area contributed by atoms with Crippen LogP contribution < -0.4 is 0 Å².